The van der Waals surface area contributed by atoms with Crippen LogP contribution in [0.3, 0.4) is 0 Å². The maximum Gasteiger partial charge on any atom is 0.261 e. The molecule has 0 saturated carbocycles. The van der Waals surface area contributed by atoms with Crippen molar-refractivity contribution in [3.63, 3.8) is 0 Å². The van der Waals surface area contributed by atoms with Crippen molar-refractivity contribution in [3.05, 3.63) is 95.1 Å². The van der Waals surface area contributed by atoms with Crippen LogP contribution in [-0.4, -0.2) is 34.7 Å². The first-order chi connectivity index (χ1) is 14.6. The second-order valence-electron chi connectivity index (χ2n) is 7.52. The second kappa shape index (κ2) is 8.64. The van der Waals surface area contributed by atoms with E-state index < -0.39 is 0 Å². The predicted octanol–water partition coefficient (Wildman–Crippen LogP) is 4.99. The van der Waals surface area contributed by atoms with Gasteiger partial charge in [-0.15, -0.1) is 0 Å². The molecule has 1 aliphatic rings. The molecular weight excluding hydrogens is 372 g/mol. The zero-order valence-electron chi connectivity index (χ0n) is 17.5. The minimum atomic E-state index is -0.221. The monoisotopic (exact) mass is 398 g/mol. The molecule has 4 nitrogen and oxygen atoms in total. The van der Waals surface area contributed by atoms with Gasteiger partial charge in [0.1, 0.15) is 0 Å². The number of imide groups is 1. The molecule has 2 amide bonds. The quantitative estimate of drug-likeness (QED) is 0.526. The number of carbonyl (C=O) groups is 2. The fourth-order valence-corrected chi connectivity index (χ4v) is 4.08. The van der Waals surface area contributed by atoms with E-state index in [1.165, 1.54) is 10.5 Å². The molecule has 152 valence electrons. The molecule has 0 aromatic heterocycles. The van der Waals surface area contributed by atoms with Gasteiger partial charge in [-0.1, -0.05) is 74.5 Å². The van der Waals surface area contributed by atoms with Gasteiger partial charge in [-0.05, 0) is 47.5 Å². The number of nitrogens with zero attached hydrogens (tertiary/aromatic N) is 2. The smallest absolute Gasteiger partial charge is 0.261 e. The predicted molar refractivity (Wildman–Crippen MR) is 119 cm³/mol. The van der Waals surface area contributed by atoms with Crippen molar-refractivity contribution in [3.8, 4) is 11.1 Å². The summed E-state index contributed by atoms with van der Waals surface area (Å²) >= 11 is 0. The minimum Gasteiger partial charge on any atom is -0.300 e. The number of hydrogen-bond acceptors (Lipinski definition) is 3. The van der Waals surface area contributed by atoms with Crippen LogP contribution in [0.1, 0.15) is 45.7 Å². The highest BCUT2D eigenvalue weighted by molar-refractivity contribution is 6.21. The maximum absolute atomic E-state index is 12.8. The van der Waals surface area contributed by atoms with Gasteiger partial charge in [0.2, 0.25) is 0 Å². The van der Waals surface area contributed by atoms with Crippen molar-refractivity contribution in [2.75, 3.05) is 13.1 Å². The lowest BCUT2D eigenvalue weighted by molar-refractivity contribution is 0.0642. The van der Waals surface area contributed by atoms with E-state index in [1.54, 1.807) is 24.3 Å². The van der Waals surface area contributed by atoms with Gasteiger partial charge in [-0.3, -0.25) is 19.4 Å². The SMILES string of the molecule is CCN(CC)Cc1ccccc1-c1ccccc1CN1C(=O)c2ccccc2C1=O. The second-order valence-corrected chi connectivity index (χ2v) is 7.52. The van der Waals surface area contributed by atoms with E-state index >= 15 is 0 Å². The van der Waals surface area contributed by atoms with E-state index in [0.717, 1.165) is 36.3 Å². The van der Waals surface area contributed by atoms with Crippen LogP contribution in [0, 0.1) is 0 Å². The lowest BCUT2D eigenvalue weighted by atomic mass is 9.94. The van der Waals surface area contributed by atoms with E-state index in [0.29, 0.717) is 11.1 Å². The highest BCUT2D eigenvalue weighted by Gasteiger charge is 2.35. The number of fused-ring (bicyclic) bond motifs is 1. The molecule has 30 heavy (non-hydrogen) atoms. The van der Waals surface area contributed by atoms with Crippen molar-refractivity contribution in [2.45, 2.75) is 26.9 Å². The van der Waals surface area contributed by atoms with Crippen LogP contribution >= 0.6 is 0 Å². The van der Waals surface area contributed by atoms with E-state index in [1.807, 2.05) is 24.3 Å². The number of amides is 2. The van der Waals surface area contributed by atoms with Gasteiger partial charge in [0.25, 0.3) is 11.8 Å². The lowest BCUT2D eigenvalue weighted by Gasteiger charge is -2.22. The van der Waals surface area contributed by atoms with Crippen molar-refractivity contribution in [2.24, 2.45) is 0 Å². The maximum atomic E-state index is 12.8. The Balaban J connectivity index is 1.69. The largest absolute Gasteiger partial charge is 0.300 e. The van der Waals surface area contributed by atoms with Crippen molar-refractivity contribution in [1.29, 1.82) is 0 Å². The summed E-state index contributed by atoms with van der Waals surface area (Å²) in [5, 5.41) is 0. The van der Waals surface area contributed by atoms with Gasteiger partial charge >= 0.3 is 0 Å². The lowest BCUT2D eigenvalue weighted by Crippen LogP contribution is -2.29. The molecule has 1 aliphatic heterocycles. The Morgan fingerprint density at radius 3 is 1.60 bits per heavy atom. The van der Waals surface area contributed by atoms with Gasteiger partial charge < -0.3 is 0 Å². The average Bonchev–Trinajstić information content (AvgIpc) is 3.03. The van der Waals surface area contributed by atoms with E-state index in [2.05, 4.69) is 43.0 Å². The Hall–Kier alpha value is -3.24. The molecule has 0 saturated heterocycles. The topological polar surface area (TPSA) is 40.6 Å². The molecule has 0 radical (unpaired) electrons. The van der Waals surface area contributed by atoms with Crippen LogP contribution < -0.4 is 0 Å². The number of benzene rings is 3. The molecule has 4 rings (SSSR count). The fraction of sp³-hybridized carbons (Fsp3) is 0.231. The molecule has 0 aliphatic carbocycles. The summed E-state index contributed by atoms with van der Waals surface area (Å²) in [5.74, 6) is -0.441. The third kappa shape index (κ3) is 3.66. The standard InChI is InChI=1S/C26H26N2O2/c1-3-27(4-2)17-19-11-5-7-13-21(19)22-14-8-6-12-20(22)18-28-25(29)23-15-9-10-16-24(23)26(28)30/h5-16H,3-4,17-18H2,1-2H3. The third-order valence-electron chi connectivity index (χ3n) is 5.82. The molecular formula is C26H26N2O2. The first-order valence-electron chi connectivity index (χ1n) is 10.5. The molecule has 0 unspecified atom stereocenters. The van der Waals surface area contributed by atoms with Crippen LogP contribution in [0.4, 0.5) is 0 Å². The Labute approximate surface area is 177 Å². The Morgan fingerprint density at radius 2 is 1.07 bits per heavy atom. The van der Waals surface area contributed by atoms with Crippen LogP contribution in [0.25, 0.3) is 11.1 Å². The number of carbonyl (C=O) groups excluding carboxylic acids is 2. The highest BCUT2D eigenvalue weighted by atomic mass is 16.2. The van der Waals surface area contributed by atoms with Gasteiger partial charge in [0, 0.05) is 6.54 Å². The summed E-state index contributed by atoms with van der Waals surface area (Å²) in [4.78, 5) is 29.4. The van der Waals surface area contributed by atoms with Crippen molar-refractivity contribution in [1.82, 2.24) is 9.80 Å². The summed E-state index contributed by atoms with van der Waals surface area (Å²) in [6.07, 6.45) is 0. The highest BCUT2D eigenvalue weighted by Crippen LogP contribution is 2.31. The molecule has 0 fully saturated rings. The molecule has 0 spiro atoms. The summed E-state index contributed by atoms with van der Waals surface area (Å²) in [7, 11) is 0. The Bertz CT molecular complexity index is 1050. The van der Waals surface area contributed by atoms with Crippen LogP contribution in [0.2, 0.25) is 0 Å². The van der Waals surface area contributed by atoms with E-state index in [-0.39, 0.29) is 18.4 Å². The number of rotatable bonds is 7. The van der Waals surface area contributed by atoms with Crippen LogP contribution in [-0.2, 0) is 13.1 Å². The third-order valence-corrected chi connectivity index (χ3v) is 5.82. The molecule has 1 heterocycles. The van der Waals surface area contributed by atoms with Crippen molar-refractivity contribution < 1.29 is 9.59 Å². The Morgan fingerprint density at radius 1 is 0.633 bits per heavy atom. The minimum absolute atomic E-state index is 0.221. The molecule has 3 aromatic rings. The summed E-state index contributed by atoms with van der Waals surface area (Å²) in [5.41, 5.74) is 5.41. The molecule has 0 N–H and O–H groups in total. The first kappa shape index (κ1) is 20.0. The molecule has 4 heteroatoms. The van der Waals surface area contributed by atoms with Gasteiger partial charge in [-0.25, -0.2) is 0 Å². The van der Waals surface area contributed by atoms with Gasteiger partial charge in [0.05, 0.1) is 17.7 Å². The zero-order chi connectivity index (χ0) is 21.1. The van der Waals surface area contributed by atoms with Crippen LogP contribution in [0.5, 0.6) is 0 Å². The van der Waals surface area contributed by atoms with E-state index in [4.69, 9.17) is 0 Å². The Kier molecular flexibility index (Phi) is 5.77. The first-order valence-corrected chi connectivity index (χ1v) is 10.5. The number of hydrogen-bond donors (Lipinski definition) is 0. The van der Waals surface area contributed by atoms with Crippen LogP contribution in [0.15, 0.2) is 72.8 Å². The molecule has 3 aromatic carbocycles. The average molecular weight is 399 g/mol. The zero-order valence-corrected chi connectivity index (χ0v) is 17.5. The van der Waals surface area contributed by atoms with E-state index in [9.17, 15) is 9.59 Å². The van der Waals surface area contributed by atoms with Crippen molar-refractivity contribution >= 4 is 11.8 Å². The summed E-state index contributed by atoms with van der Waals surface area (Å²) < 4.78 is 0. The molecule has 0 bridgehead atoms. The summed E-state index contributed by atoms with van der Waals surface area (Å²) in [6.45, 7) is 7.44. The normalized spacial score (nSPS) is 13.2. The molecule has 0 atom stereocenters. The fourth-order valence-electron chi connectivity index (χ4n) is 4.08. The van der Waals surface area contributed by atoms with Gasteiger partial charge in [0.15, 0.2) is 0 Å². The van der Waals surface area contributed by atoms with Gasteiger partial charge in [-0.2, -0.15) is 0 Å². The summed E-state index contributed by atoms with van der Waals surface area (Å²) in [6, 6.07) is 23.5.